The van der Waals surface area contributed by atoms with Gasteiger partial charge in [0.2, 0.25) is 5.91 Å². The van der Waals surface area contributed by atoms with Crippen LogP contribution in [0.1, 0.15) is 13.3 Å². The van der Waals surface area contributed by atoms with Crippen molar-refractivity contribution in [1.29, 1.82) is 0 Å². The number of carbonyl (C=O) groups is 2. The topological polar surface area (TPSA) is 72.6 Å². The molecule has 0 aliphatic carbocycles. The van der Waals surface area contributed by atoms with E-state index in [1.807, 2.05) is 19.1 Å². The Labute approximate surface area is 110 Å². The highest BCUT2D eigenvalue weighted by Crippen LogP contribution is 2.39. The lowest BCUT2D eigenvalue weighted by molar-refractivity contribution is -0.149. The molecular weight excluding hydrogens is 252 g/mol. The highest BCUT2D eigenvalue weighted by molar-refractivity contribution is 8.00. The molecular formula is C12H16N2O3S. The molecule has 2 aliphatic rings. The van der Waals surface area contributed by atoms with E-state index in [4.69, 9.17) is 10.5 Å². The van der Waals surface area contributed by atoms with Crippen LogP contribution >= 0.6 is 11.8 Å². The largest absolute Gasteiger partial charge is 0.464 e. The summed E-state index contributed by atoms with van der Waals surface area (Å²) in [5.41, 5.74) is 6.89. The minimum Gasteiger partial charge on any atom is -0.464 e. The SMILES string of the molecule is CCC=CC1=C(C(=O)OC)N2C(=O)C(N)C2SC1. The minimum absolute atomic E-state index is 0.134. The molecule has 2 aliphatic heterocycles. The van der Waals surface area contributed by atoms with Gasteiger partial charge in [-0.25, -0.2) is 4.79 Å². The standard InChI is InChI=1S/C12H16N2O3S/c1-3-4-5-7-6-18-11-8(13)10(15)14(11)9(7)12(16)17-2/h4-5,8,11H,3,6,13H2,1-2H3. The van der Waals surface area contributed by atoms with Gasteiger partial charge in [-0.1, -0.05) is 19.1 Å². The van der Waals surface area contributed by atoms with Gasteiger partial charge in [0.05, 0.1) is 7.11 Å². The van der Waals surface area contributed by atoms with Gasteiger partial charge in [0.1, 0.15) is 17.1 Å². The molecule has 2 heterocycles. The van der Waals surface area contributed by atoms with Crippen LogP contribution in [0.3, 0.4) is 0 Å². The molecule has 6 heteroatoms. The first-order valence-corrected chi connectivity index (χ1v) is 6.85. The fraction of sp³-hybridized carbons (Fsp3) is 0.500. The molecule has 2 atom stereocenters. The molecule has 0 aromatic carbocycles. The molecule has 2 N–H and O–H groups in total. The first-order valence-electron chi connectivity index (χ1n) is 5.80. The maximum atomic E-state index is 11.8. The number of β-lactam (4-membered cyclic amide) rings is 1. The zero-order valence-corrected chi connectivity index (χ0v) is 11.2. The van der Waals surface area contributed by atoms with Gasteiger partial charge in [0.15, 0.2) is 0 Å². The number of thioether (sulfide) groups is 1. The third-order valence-corrected chi connectivity index (χ3v) is 4.30. The third kappa shape index (κ3) is 1.95. The zero-order chi connectivity index (χ0) is 13.3. The lowest BCUT2D eigenvalue weighted by Crippen LogP contribution is -2.68. The lowest BCUT2D eigenvalue weighted by atomic mass is 10.0. The Bertz CT molecular complexity index is 445. The molecule has 5 nitrogen and oxygen atoms in total. The van der Waals surface area contributed by atoms with Crippen molar-refractivity contribution in [1.82, 2.24) is 4.90 Å². The fourth-order valence-electron chi connectivity index (χ4n) is 2.01. The number of rotatable bonds is 3. The van der Waals surface area contributed by atoms with Gasteiger partial charge in [0, 0.05) is 5.75 Å². The Morgan fingerprint density at radius 2 is 2.39 bits per heavy atom. The lowest BCUT2D eigenvalue weighted by Gasteiger charge is -2.48. The molecule has 1 saturated heterocycles. The van der Waals surface area contributed by atoms with Crippen LogP contribution < -0.4 is 5.73 Å². The van der Waals surface area contributed by atoms with Gasteiger partial charge in [-0.2, -0.15) is 0 Å². The second-order valence-corrected chi connectivity index (χ2v) is 5.22. The van der Waals surface area contributed by atoms with E-state index in [2.05, 4.69) is 0 Å². The molecule has 1 amide bonds. The number of nitrogens with zero attached hydrogens (tertiary/aromatic N) is 1. The van der Waals surface area contributed by atoms with Crippen LogP contribution in [0.15, 0.2) is 23.4 Å². The summed E-state index contributed by atoms with van der Waals surface area (Å²) >= 11 is 1.58. The van der Waals surface area contributed by atoms with Gasteiger partial charge in [-0.05, 0) is 12.0 Å². The molecule has 0 radical (unpaired) electrons. The van der Waals surface area contributed by atoms with E-state index in [1.54, 1.807) is 11.8 Å². The van der Waals surface area contributed by atoms with Gasteiger partial charge >= 0.3 is 5.97 Å². The molecule has 2 unspecified atom stereocenters. The Hall–Kier alpha value is -1.27. The highest BCUT2D eigenvalue weighted by Gasteiger charge is 2.51. The van der Waals surface area contributed by atoms with E-state index in [1.165, 1.54) is 12.0 Å². The highest BCUT2D eigenvalue weighted by atomic mass is 32.2. The smallest absolute Gasteiger partial charge is 0.355 e. The van der Waals surface area contributed by atoms with E-state index >= 15 is 0 Å². The number of allylic oxidation sites excluding steroid dienone is 2. The Balaban J connectivity index is 2.37. The Kier molecular flexibility index (Phi) is 3.77. The van der Waals surface area contributed by atoms with E-state index in [0.717, 1.165) is 12.0 Å². The summed E-state index contributed by atoms with van der Waals surface area (Å²) in [6.45, 7) is 2.01. The Morgan fingerprint density at radius 1 is 1.67 bits per heavy atom. The number of amides is 1. The van der Waals surface area contributed by atoms with Gasteiger partial charge in [-0.3, -0.25) is 9.69 Å². The number of ether oxygens (including phenoxy) is 1. The van der Waals surface area contributed by atoms with Crippen LogP contribution in [0.25, 0.3) is 0 Å². The summed E-state index contributed by atoms with van der Waals surface area (Å²) in [4.78, 5) is 25.1. The third-order valence-electron chi connectivity index (χ3n) is 2.97. The van der Waals surface area contributed by atoms with Crippen molar-refractivity contribution in [2.75, 3.05) is 12.9 Å². The van der Waals surface area contributed by atoms with Gasteiger partial charge in [0.25, 0.3) is 0 Å². The van der Waals surface area contributed by atoms with E-state index in [0.29, 0.717) is 11.4 Å². The van der Waals surface area contributed by atoms with Crippen LogP contribution in [0.4, 0.5) is 0 Å². The number of esters is 1. The van der Waals surface area contributed by atoms with Crippen molar-refractivity contribution >= 4 is 23.6 Å². The van der Waals surface area contributed by atoms with Crippen molar-refractivity contribution in [2.45, 2.75) is 24.8 Å². The summed E-state index contributed by atoms with van der Waals surface area (Å²) < 4.78 is 4.76. The number of hydrogen-bond donors (Lipinski definition) is 1. The number of carbonyl (C=O) groups excluding carboxylic acids is 2. The number of methoxy groups -OCH3 is 1. The predicted octanol–water partition coefficient (Wildman–Crippen LogP) is 0.622. The van der Waals surface area contributed by atoms with E-state index < -0.39 is 12.0 Å². The summed E-state index contributed by atoms with van der Waals surface area (Å²) in [6, 6.07) is -0.508. The summed E-state index contributed by atoms with van der Waals surface area (Å²) in [7, 11) is 1.32. The van der Waals surface area contributed by atoms with E-state index in [9.17, 15) is 9.59 Å². The summed E-state index contributed by atoms with van der Waals surface area (Å²) in [5.74, 6) is -0.0189. The predicted molar refractivity (Wildman–Crippen MR) is 69.5 cm³/mol. The first kappa shape index (κ1) is 13.2. The van der Waals surface area contributed by atoms with Crippen molar-refractivity contribution in [3.8, 4) is 0 Å². The van der Waals surface area contributed by atoms with Crippen molar-refractivity contribution in [3.63, 3.8) is 0 Å². The van der Waals surface area contributed by atoms with Crippen LogP contribution in [-0.2, 0) is 14.3 Å². The molecule has 18 heavy (non-hydrogen) atoms. The molecule has 0 spiro atoms. The van der Waals surface area contributed by atoms with Crippen LogP contribution in [0, 0.1) is 0 Å². The monoisotopic (exact) mass is 268 g/mol. The average Bonchev–Trinajstić information content (AvgIpc) is 2.42. The first-order chi connectivity index (χ1) is 8.61. The second kappa shape index (κ2) is 5.16. The van der Waals surface area contributed by atoms with Crippen LogP contribution in [0.5, 0.6) is 0 Å². The molecule has 0 aromatic heterocycles. The fourth-order valence-corrected chi connectivity index (χ4v) is 3.28. The summed E-state index contributed by atoms with van der Waals surface area (Å²) in [6.07, 6.45) is 4.72. The average molecular weight is 268 g/mol. The number of hydrogen-bond acceptors (Lipinski definition) is 5. The molecule has 98 valence electrons. The molecule has 0 bridgehead atoms. The maximum Gasteiger partial charge on any atom is 0.355 e. The van der Waals surface area contributed by atoms with Crippen molar-refractivity contribution in [3.05, 3.63) is 23.4 Å². The van der Waals surface area contributed by atoms with E-state index in [-0.39, 0.29) is 11.3 Å². The molecule has 1 fully saturated rings. The van der Waals surface area contributed by atoms with Crippen molar-refractivity contribution < 1.29 is 14.3 Å². The van der Waals surface area contributed by atoms with Crippen molar-refractivity contribution in [2.24, 2.45) is 5.73 Å². The van der Waals surface area contributed by atoms with Gasteiger partial charge < -0.3 is 10.5 Å². The minimum atomic E-state index is -0.508. The molecule has 0 saturated carbocycles. The zero-order valence-electron chi connectivity index (χ0n) is 10.4. The van der Waals surface area contributed by atoms with Crippen LogP contribution in [0.2, 0.25) is 0 Å². The quantitative estimate of drug-likeness (QED) is 0.600. The maximum absolute atomic E-state index is 11.8. The molecule has 0 aromatic rings. The Morgan fingerprint density at radius 3 is 3.00 bits per heavy atom. The number of fused-ring (bicyclic) bond motifs is 1. The van der Waals surface area contributed by atoms with Gasteiger partial charge in [-0.15, -0.1) is 11.8 Å². The summed E-state index contributed by atoms with van der Waals surface area (Å²) in [5, 5.41) is -0.134. The number of nitrogens with two attached hydrogens (primary N) is 1. The molecule has 2 rings (SSSR count). The second-order valence-electron chi connectivity index (χ2n) is 4.11. The van der Waals surface area contributed by atoms with Crippen LogP contribution in [-0.4, -0.2) is 41.1 Å². The normalized spacial score (nSPS) is 27.3.